The van der Waals surface area contributed by atoms with Gasteiger partial charge in [0.1, 0.15) is 0 Å². The minimum atomic E-state index is 0.275. The van der Waals surface area contributed by atoms with Crippen molar-refractivity contribution in [3.05, 3.63) is 0 Å². The molecule has 1 saturated carbocycles. The molecule has 0 bridgehead atoms. The summed E-state index contributed by atoms with van der Waals surface area (Å²) >= 11 is 0. The van der Waals surface area contributed by atoms with Crippen LogP contribution in [0.15, 0.2) is 0 Å². The average molecular weight is 266 g/mol. The van der Waals surface area contributed by atoms with E-state index < -0.39 is 0 Å². The number of hydrogen-bond acceptors (Lipinski definition) is 2. The van der Waals surface area contributed by atoms with E-state index in [1.807, 2.05) is 0 Å². The van der Waals surface area contributed by atoms with Crippen LogP contribution < -0.4 is 5.73 Å². The maximum Gasteiger partial charge on any atom is 0.225 e. The summed E-state index contributed by atoms with van der Waals surface area (Å²) in [5, 5.41) is 0. The monoisotopic (exact) mass is 266 g/mol. The number of rotatable bonds is 3. The van der Waals surface area contributed by atoms with Gasteiger partial charge >= 0.3 is 0 Å². The lowest BCUT2D eigenvalue weighted by molar-refractivity contribution is -0.138. The Bertz CT molecular complexity index is 287. The first-order chi connectivity index (χ1) is 9.11. The van der Waals surface area contributed by atoms with E-state index in [4.69, 9.17) is 5.73 Å². The van der Waals surface area contributed by atoms with Crippen LogP contribution in [-0.2, 0) is 4.79 Å². The summed E-state index contributed by atoms with van der Waals surface area (Å²) in [6, 6.07) is 0.275. The number of likely N-dealkylation sites (tertiary alicyclic amines) is 1. The minimum absolute atomic E-state index is 0.275. The second-order valence-electron chi connectivity index (χ2n) is 6.65. The number of carbonyl (C=O) groups excluding carboxylic acids is 1. The molecule has 1 heterocycles. The standard InChI is InChI=1S/C16H30N2O/c1-3-13-4-6-15(7-5-13)16(19)18-10-8-14(9-11-18)12(2)17/h12-15H,3-11,17H2,1-2H3. The van der Waals surface area contributed by atoms with Gasteiger partial charge < -0.3 is 10.6 Å². The van der Waals surface area contributed by atoms with Crippen LogP contribution in [0.3, 0.4) is 0 Å². The van der Waals surface area contributed by atoms with Crippen molar-refractivity contribution in [2.24, 2.45) is 23.5 Å². The van der Waals surface area contributed by atoms with Crippen LogP contribution in [0.2, 0.25) is 0 Å². The first-order valence-electron chi connectivity index (χ1n) is 8.16. The predicted octanol–water partition coefficient (Wildman–Crippen LogP) is 2.79. The molecule has 0 spiro atoms. The zero-order valence-electron chi connectivity index (χ0n) is 12.6. The first kappa shape index (κ1) is 14.8. The minimum Gasteiger partial charge on any atom is -0.342 e. The molecule has 2 fully saturated rings. The zero-order valence-corrected chi connectivity index (χ0v) is 12.6. The molecule has 0 aromatic heterocycles. The molecule has 2 rings (SSSR count). The van der Waals surface area contributed by atoms with Crippen molar-refractivity contribution >= 4 is 5.91 Å². The van der Waals surface area contributed by atoms with Crippen LogP contribution in [0.1, 0.15) is 58.8 Å². The van der Waals surface area contributed by atoms with E-state index in [-0.39, 0.29) is 6.04 Å². The number of nitrogens with two attached hydrogens (primary N) is 1. The number of piperidine rings is 1. The Morgan fingerprint density at radius 2 is 1.74 bits per heavy atom. The van der Waals surface area contributed by atoms with Crippen LogP contribution in [-0.4, -0.2) is 29.9 Å². The van der Waals surface area contributed by atoms with Crippen molar-refractivity contribution in [3.8, 4) is 0 Å². The number of hydrogen-bond donors (Lipinski definition) is 1. The average Bonchev–Trinajstić information content (AvgIpc) is 2.46. The molecule has 1 amide bonds. The largest absolute Gasteiger partial charge is 0.342 e. The fraction of sp³-hybridized carbons (Fsp3) is 0.938. The highest BCUT2D eigenvalue weighted by atomic mass is 16.2. The second-order valence-corrected chi connectivity index (χ2v) is 6.65. The van der Waals surface area contributed by atoms with E-state index in [0.717, 1.165) is 44.7 Å². The summed E-state index contributed by atoms with van der Waals surface area (Å²) in [5.74, 6) is 2.22. The third-order valence-electron chi connectivity index (χ3n) is 5.37. The Balaban J connectivity index is 1.78. The van der Waals surface area contributed by atoms with Crippen LogP contribution in [0.5, 0.6) is 0 Å². The van der Waals surface area contributed by atoms with Gasteiger partial charge in [-0.3, -0.25) is 4.79 Å². The molecule has 0 radical (unpaired) electrons. The summed E-state index contributed by atoms with van der Waals surface area (Å²) in [6.45, 7) is 6.22. The molecule has 1 unspecified atom stereocenters. The highest BCUT2D eigenvalue weighted by Gasteiger charge is 2.31. The van der Waals surface area contributed by atoms with Gasteiger partial charge in [0.2, 0.25) is 5.91 Å². The molecule has 1 atom stereocenters. The van der Waals surface area contributed by atoms with Crippen molar-refractivity contribution in [1.82, 2.24) is 4.90 Å². The van der Waals surface area contributed by atoms with Crippen molar-refractivity contribution in [2.75, 3.05) is 13.1 Å². The molecular weight excluding hydrogens is 236 g/mol. The smallest absolute Gasteiger partial charge is 0.225 e. The molecule has 2 N–H and O–H groups in total. The van der Waals surface area contributed by atoms with Crippen molar-refractivity contribution in [2.45, 2.75) is 64.8 Å². The highest BCUT2D eigenvalue weighted by Crippen LogP contribution is 2.32. The highest BCUT2D eigenvalue weighted by molar-refractivity contribution is 5.79. The molecule has 3 heteroatoms. The van der Waals surface area contributed by atoms with Gasteiger partial charge in [-0.25, -0.2) is 0 Å². The van der Waals surface area contributed by atoms with Gasteiger partial charge in [0.05, 0.1) is 0 Å². The quantitative estimate of drug-likeness (QED) is 0.854. The Morgan fingerprint density at radius 3 is 2.21 bits per heavy atom. The van der Waals surface area contributed by atoms with E-state index in [1.165, 1.54) is 19.3 Å². The molecule has 110 valence electrons. The molecule has 1 aliphatic heterocycles. The normalized spacial score (nSPS) is 31.2. The molecule has 19 heavy (non-hydrogen) atoms. The summed E-state index contributed by atoms with van der Waals surface area (Å²) in [6.07, 6.45) is 8.20. The van der Waals surface area contributed by atoms with Crippen LogP contribution in [0.25, 0.3) is 0 Å². The van der Waals surface area contributed by atoms with Crippen molar-refractivity contribution < 1.29 is 4.79 Å². The van der Waals surface area contributed by atoms with Gasteiger partial charge in [-0.15, -0.1) is 0 Å². The first-order valence-corrected chi connectivity index (χ1v) is 8.16. The topological polar surface area (TPSA) is 46.3 Å². The molecule has 1 aliphatic carbocycles. The van der Waals surface area contributed by atoms with E-state index >= 15 is 0 Å². The zero-order chi connectivity index (χ0) is 13.8. The Labute approximate surface area is 117 Å². The predicted molar refractivity (Wildman–Crippen MR) is 78.7 cm³/mol. The Hall–Kier alpha value is -0.570. The van der Waals surface area contributed by atoms with Gasteiger partial charge in [-0.2, -0.15) is 0 Å². The van der Waals surface area contributed by atoms with Gasteiger partial charge in [-0.1, -0.05) is 13.3 Å². The maximum atomic E-state index is 12.5. The second kappa shape index (κ2) is 6.74. The lowest BCUT2D eigenvalue weighted by Gasteiger charge is -2.37. The van der Waals surface area contributed by atoms with E-state index in [1.54, 1.807) is 0 Å². The SMILES string of the molecule is CCC1CCC(C(=O)N2CCC(C(C)N)CC2)CC1. The molecule has 0 aromatic carbocycles. The van der Waals surface area contributed by atoms with E-state index in [9.17, 15) is 4.79 Å². The van der Waals surface area contributed by atoms with Gasteiger partial charge in [0, 0.05) is 25.0 Å². The van der Waals surface area contributed by atoms with E-state index in [2.05, 4.69) is 18.7 Å². The fourth-order valence-corrected chi connectivity index (χ4v) is 3.72. The van der Waals surface area contributed by atoms with Crippen LogP contribution in [0.4, 0.5) is 0 Å². The summed E-state index contributed by atoms with van der Waals surface area (Å²) in [7, 11) is 0. The number of nitrogens with zero attached hydrogens (tertiary/aromatic N) is 1. The van der Waals surface area contributed by atoms with Gasteiger partial charge in [-0.05, 0) is 57.3 Å². The number of carbonyl (C=O) groups is 1. The van der Waals surface area contributed by atoms with Crippen LogP contribution >= 0.6 is 0 Å². The van der Waals surface area contributed by atoms with Crippen molar-refractivity contribution in [3.63, 3.8) is 0 Å². The molecular formula is C16H30N2O. The van der Waals surface area contributed by atoms with E-state index in [0.29, 0.717) is 17.7 Å². The maximum absolute atomic E-state index is 12.5. The summed E-state index contributed by atoms with van der Waals surface area (Å²) < 4.78 is 0. The molecule has 0 aromatic rings. The third kappa shape index (κ3) is 3.71. The van der Waals surface area contributed by atoms with Crippen molar-refractivity contribution in [1.29, 1.82) is 0 Å². The summed E-state index contributed by atoms with van der Waals surface area (Å²) in [4.78, 5) is 14.6. The Kier molecular flexibility index (Phi) is 5.26. The molecule has 1 saturated heterocycles. The Morgan fingerprint density at radius 1 is 1.16 bits per heavy atom. The molecule has 3 nitrogen and oxygen atoms in total. The lowest BCUT2D eigenvalue weighted by atomic mass is 9.80. The van der Waals surface area contributed by atoms with Crippen LogP contribution in [0, 0.1) is 17.8 Å². The molecule has 2 aliphatic rings. The number of amides is 1. The summed E-state index contributed by atoms with van der Waals surface area (Å²) in [5.41, 5.74) is 5.96. The fourth-order valence-electron chi connectivity index (χ4n) is 3.72. The van der Waals surface area contributed by atoms with Gasteiger partial charge in [0.15, 0.2) is 0 Å². The van der Waals surface area contributed by atoms with Gasteiger partial charge in [0.25, 0.3) is 0 Å². The lowest BCUT2D eigenvalue weighted by Crippen LogP contribution is -2.45. The third-order valence-corrected chi connectivity index (χ3v) is 5.37.